The normalized spacial score (nSPS) is 28.8. The Bertz CT molecular complexity index is 270. The maximum atomic E-state index is 5.81. The molecule has 1 saturated heterocycles. The van der Waals surface area contributed by atoms with Gasteiger partial charge in [-0.2, -0.15) is 0 Å². The Labute approximate surface area is 92.4 Å². The van der Waals surface area contributed by atoms with Gasteiger partial charge in [0.15, 0.2) is 0 Å². The van der Waals surface area contributed by atoms with Crippen molar-refractivity contribution >= 4 is 29.5 Å². The van der Waals surface area contributed by atoms with Gasteiger partial charge in [-0.1, -0.05) is 0 Å². The molecule has 0 radical (unpaired) electrons. The molecule has 13 heavy (non-hydrogen) atoms. The minimum absolute atomic E-state index is 0.112. The van der Waals surface area contributed by atoms with Gasteiger partial charge in [0, 0.05) is 0 Å². The summed E-state index contributed by atoms with van der Waals surface area (Å²) in [6, 6.07) is 10.5. The van der Waals surface area contributed by atoms with Crippen LogP contribution >= 0.6 is 11.8 Å². The Balaban J connectivity index is 2.23. The van der Waals surface area contributed by atoms with Gasteiger partial charge in [0.05, 0.1) is 0 Å². The van der Waals surface area contributed by atoms with Crippen molar-refractivity contribution in [2.24, 2.45) is 0 Å². The quantitative estimate of drug-likeness (QED) is 0.621. The second kappa shape index (κ2) is 4.10. The van der Waals surface area contributed by atoms with Gasteiger partial charge in [0.25, 0.3) is 0 Å². The van der Waals surface area contributed by atoms with Gasteiger partial charge in [-0.05, 0) is 0 Å². The second-order valence-corrected chi connectivity index (χ2v) is 4.84. The first-order valence-corrected chi connectivity index (χ1v) is 5.63. The Morgan fingerprint density at radius 1 is 1.31 bits per heavy atom. The Morgan fingerprint density at radius 3 is 2.69 bits per heavy atom. The van der Waals surface area contributed by atoms with E-state index in [0.29, 0.717) is 0 Å². The summed E-state index contributed by atoms with van der Waals surface area (Å²) in [4.78, 5) is 0. The van der Waals surface area contributed by atoms with Gasteiger partial charge in [-0.25, -0.2) is 0 Å². The van der Waals surface area contributed by atoms with Gasteiger partial charge < -0.3 is 0 Å². The predicted molar refractivity (Wildman–Crippen MR) is 56.9 cm³/mol. The summed E-state index contributed by atoms with van der Waals surface area (Å²) in [5, 5.41) is 0. The molecule has 0 saturated carbocycles. The summed E-state index contributed by atoms with van der Waals surface area (Å²) in [6.45, 7) is 0.887. The molecule has 1 aliphatic rings. The molecule has 0 aromatic heterocycles. The Kier molecular flexibility index (Phi) is 3.05. The summed E-state index contributed by atoms with van der Waals surface area (Å²) in [5.74, 6) is 1.20. The van der Waals surface area contributed by atoms with E-state index in [0.717, 1.165) is 6.61 Å². The van der Waals surface area contributed by atoms with Crippen LogP contribution in [-0.2, 0) is 8.34 Å². The van der Waals surface area contributed by atoms with Gasteiger partial charge in [-0.3, -0.25) is 0 Å². The van der Waals surface area contributed by atoms with Gasteiger partial charge in [0.2, 0.25) is 0 Å². The molecule has 3 heteroatoms. The van der Waals surface area contributed by atoms with Crippen LogP contribution in [0.1, 0.15) is 12.0 Å². The molecule has 1 aromatic carbocycles. The van der Waals surface area contributed by atoms with E-state index in [9.17, 15) is 0 Å². The van der Waals surface area contributed by atoms with Crippen LogP contribution in [0.4, 0.5) is 0 Å². The summed E-state index contributed by atoms with van der Waals surface area (Å²) in [6.07, 6.45) is 1.17. The summed E-state index contributed by atoms with van der Waals surface area (Å²) in [7, 11) is 0. The molecule has 0 aliphatic carbocycles. The fraction of sp³-hybridized carbons (Fsp3) is 0.400. The molecule has 1 fully saturated rings. The molecular formula is C10H11LiOS. The fourth-order valence-corrected chi connectivity index (χ4v) is 2.66. The SMILES string of the molecule is [Li][C]1(c2ccccc2)OCCCS1. The molecule has 0 N–H and O–H groups in total. The van der Waals surface area contributed by atoms with Crippen LogP contribution < -0.4 is 0 Å². The molecule has 1 nitrogen and oxygen atoms in total. The van der Waals surface area contributed by atoms with Crippen LogP contribution in [0, 0.1) is 0 Å². The molecule has 1 unspecified atom stereocenters. The molecule has 0 bridgehead atoms. The van der Waals surface area contributed by atoms with Crippen molar-refractivity contribution in [1.29, 1.82) is 0 Å². The monoisotopic (exact) mass is 186 g/mol. The number of hydrogen-bond acceptors (Lipinski definition) is 2. The van der Waals surface area contributed by atoms with Crippen molar-refractivity contribution in [3.05, 3.63) is 35.9 Å². The fourth-order valence-electron chi connectivity index (χ4n) is 1.54. The maximum absolute atomic E-state index is 5.81. The van der Waals surface area contributed by atoms with Crippen LogP contribution in [0.15, 0.2) is 30.3 Å². The molecule has 64 valence electrons. The Morgan fingerprint density at radius 2 is 2.08 bits per heavy atom. The van der Waals surface area contributed by atoms with E-state index in [1.807, 2.05) is 17.8 Å². The third-order valence-electron chi connectivity index (χ3n) is 2.34. The van der Waals surface area contributed by atoms with Crippen molar-refractivity contribution in [3.8, 4) is 0 Å². The van der Waals surface area contributed by atoms with Crippen LogP contribution in [0.3, 0.4) is 0 Å². The van der Waals surface area contributed by atoms with Crippen LogP contribution in [0.5, 0.6) is 0 Å². The van der Waals surface area contributed by atoms with E-state index >= 15 is 0 Å². The molecule has 0 amide bonds. The van der Waals surface area contributed by atoms with Gasteiger partial charge in [-0.15, -0.1) is 0 Å². The third-order valence-corrected chi connectivity index (χ3v) is 3.74. The first kappa shape index (κ1) is 9.67. The summed E-state index contributed by atoms with van der Waals surface area (Å²) < 4.78 is 5.70. The molecule has 1 aliphatic heterocycles. The van der Waals surface area contributed by atoms with E-state index in [-0.39, 0.29) is 3.61 Å². The first-order chi connectivity index (χ1) is 6.31. The minimum atomic E-state index is -0.112. The molecule has 1 aromatic rings. The van der Waals surface area contributed by atoms with E-state index in [2.05, 4.69) is 42.0 Å². The number of rotatable bonds is 1. The zero-order valence-corrected chi connectivity index (χ0v) is 8.64. The molecule has 1 atom stereocenters. The van der Waals surface area contributed by atoms with E-state index in [1.165, 1.54) is 17.7 Å². The second-order valence-electron chi connectivity index (χ2n) is 3.36. The van der Waals surface area contributed by atoms with Crippen molar-refractivity contribution < 1.29 is 4.74 Å². The van der Waals surface area contributed by atoms with E-state index in [1.54, 1.807) is 0 Å². The Hall–Kier alpha value is 0.127. The number of hydrogen-bond donors (Lipinski definition) is 0. The topological polar surface area (TPSA) is 9.23 Å². The molecule has 1 heterocycles. The summed E-state index contributed by atoms with van der Waals surface area (Å²) in [5.41, 5.74) is 1.28. The summed E-state index contributed by atoms with van der Waals surface area (Å²) >= 11 is 4.06. The van der Waals surface area contributed by atoms with Crippen molar-refractivity contribution in [2.45, 2.75) is 10.0 Å². The van der Waals surface area contributed by atoms with E-state index < -0.39 is 0 Å². The molecule has 0 spiro atoms. The standard InChI is InChI=1S/C10H11OS.Li/c1-2-5-9(6-3-1)10-11-7-4-8-12-10;/h1-3,5-6H,4,7-8H2;. The number of ether oxygens (including phenoxy) is 1. The van der Waals surface area contributed by atoms with Crippen molar-refractivity contribution in [2.75, 3.05) is 12.4 Å². The van der Waals surface area contributed by atoms with Crippen LogP contribution in [0.2, 0.25) is 0 Å². The zero-order chi connectivity index (χ0) is 9.15. The number of thioether (sulfide) groups is 1. The van der Waals surface area contributed by atoms with Crippen LogP contribution in [-0.4, -0.2) is 30.1 Å². The van der Waals surface area contributed by atoms with Crippen molar-refractivity contribution in [3.63, 3.8) is 0 Å². The zero-order valence-electron chi connectivity index (χ0n) is 7.82. The average molecular weight is 186 g/mol. The van der Waals surface area contributed by atoms with Gasteiger partial charge >= 0.3 is 92.5 Å². The number of benzene rings is 1. The average Bonchev–Trinajstić information content (AvgIpc) is 2.20. The van der Waals surface area contributed by atoms with Crippen molar-refractivity contribution in [1.82, 2.24) is 0 Å². The van der Waals surface area contributed by atoms with Gasteiger partial charge in [0.1, 0.15) is 0 Å². The van der Waals surface area contributed by atoms with E-state index in [4.69, 9.17) is 4.74 Å². The molecule has 2 rings (SSSR count). The third kappa shape index (κ3) is 2.14. The predicted octanol–water partition coefficient (Wildman–Crippen LogP) is 2.12. The molecular weight excluding hydrogens is 175 g/mol. The van der Waals surface area contributed by atoms with Crippen LogP contribution in [0.25, 0.3) is 0 Å². The first-order valence-electron chi connectivity index (χ1n) is 4.65.